The van der Waals surface area contributed by atoms with Gasteiger partial charge in [-0.05, 0) is 133 Å². The first-order valence-electron chi connectivity index (χ1n) is 26.6. The number of fused-ring (bicyclic) bond motifs is 3. The van der Waals surface area contributed by atoms with Crippen molar-refractivity contribution in [1.82, 2.24) is 4.90 Å². The van der Waals surface area contributed by atoms with Crippen LogP contribution in [0.4, 0.5) is 0 Å². The second kappa shape index (κ2) is 25.8. The first-order chi connectivity index (χ1) is 33.5. The molecule has 0 spiro atoms. The number of aliphatic hydroxyl groups is 2. The van der Waals surface area contributed by atoms with Crippen LogP contribution in [0.1, 0.15) is 158 Å². The summed E-state index contributed by atoms with van der Waals surface area (Å²) in [6.07, 6.45) is 8.41. The van der Waals surface area contributed by atoms with Gasteiger partial charge in [0.05, 0.1) is 30.5 Å². The molecule has 0 aromatic heterocycles. The summed E-state index contributed by atoms with van der Waals surface area (Å²) in [6, 6.07) is -1.17. The summed E-state index contributed by atoms with van der Waals surface area (Å²) in [7, 11) is 4.64. The van der Waals surface area contributed by atoms with E-state index >= 15 is 0 Å². The van der Waals surface area contributed by atoms with Gasteiger partial charge in [-0.25, -0.2) is 9.59 Å². The molecule has 0 radical (unpaired) electrons. The maximum absolute atomic E-state index is 14.6. The second-order valence-corrected chi connectivity index (χ2v) is 22.8. The van der Waals surface area contributed by atoms with Gasteiger partial charge in [0, 0.05) is 52.0 Å². The predicted molar refractivity (Wildman–Crippen MR) is 268 cm³/mol. The maximum Gasteiger partial charge on any atom is 0.332 e. The van der Waals surface area contributed by atoms with Crippen molar-refractivity contribution in [1.29, 1.82) is 0 Å². The van der Waals surface area contributed by atoms with E-state index in [2.05, 4.69) is 27.4 Å². The zero-order valence-corrected chi connectivity index (χ0v) is 44.9. The van der Waals surface area contributed by atoms with Gasteiger partial charge < -0.3 is 48.3 Å². The summed E-state index contributed by atoms with van der Waals surface area (Å²) >= 11 is 0. The average molecular weight is 1000 g/mol. The molecule has 71 heavy (non-hydrogen) atoms. The molecular formula is C56H89NO14. The summed E-state index contributed by atoms with van der Waals surface area (Å²) in [4.78, 5) is 71.9. The van der Waals surface area contributed by atoms with Crippen LogP contribution in [0.5, 0.6) is 0 Å². The summed E-state index contributed by atoms with van der Waals surface area (Å²) in [5.74, 6) is -6.53. The molecule has 15 heteroatoms. The van der Waals surface area contributed by atoms with Crippen molar-refractivity contribution in [2.75, 3.05) is 34.5 Å². The smallest absolute Gasteiger partial charge is 0.332 e. The van der Waals surface area contributed by atoms with Crippen molar-refractivity contribution >= 4 is 29.4 Å². The number of ether oxygens (including phenoxy) is 7. The fourth-order valence-electron chi connectivity index (χ4n) is 12.1. The number of Topliss-reactive ketones (excluding diaryl/α,β-unsaturated/α-hetero) is 2. The Morgan fingerprint density at radius 2 is 1.62 bits per heavy atom. The fraction of sp³-hybridized carbons (Fsp3) is 0.804. The normalized spacial score (nSPS) is 39.7. The van der Waals surface area contributed by atoms with Crippen molar-refractivity contribution in [2.45, 2.75) is 219 Å². The lowest BCUT2D eigenvalue weighted by Crippen LogP contribution is -2.61. The third kappa shape index (κ3) is 14.7. The minimum Gasteiger partial charge on any atom is -0.458 e. The minimum atomic E-state index is -2.50. The zero-order valence-electron chi connectivity index (χ0n) is 44.9. The Morgan fingerprint density at radius 3 is 2.28 bits per heavy atom. The fourth-order valence-corrected chi connectivity index (χ4v) is 12.1. The molecule has 5 rings (SSSR count). The van der Waals surface area contributed by atoms with Crippen LogP contribution in [0.3, 0.4) is 0 Å². The molecule has 0 aromatic carbocycles. The van der Waals surface area contributed by atoms with Gasteiger partial charge in [-0.2, -0.15) is 0 Å². The summed E-state index contributed by atoms with van der Waals surface area (Å²) in [5.41, 5.74) is 0.728. The van der Waals surface area contributed by atoms with Crippen LogP contribution >= 0.6 is 0 Å². The van der Waals surface area contributed by atoms with Crippen molar-refractivity contribution in [2.24, 2.45) is 34.5 Å². The van der Waals surface area contributed by atoms with Crippen LogP contribution < -0.4 is 0 Å². The van der Waals surface area contributed by atoms with E-state index in [1.807, 2.05) is 39.8 Å². The number of allylic oxidation sites excluding steroid dienone is 4. The van der Waals surface area contributed by atoms with E-state index in [9.17, 15) is 34.2 Å². The lowest BCUT2D eigenvalue weighted by atomic mass is 9.67. The average Bonchev–Trinajstić information content (AvgIpc) is 3.33. The molecule has 15 atom stereocenters. The van der Waals surface area contributed by atoms with Gasteiger partial charge in [-0.3, -0.25) is 14.4 Å². The largest absolute Gasteiger partial charge is 0.458 e. The SMILES string of the molecule is C=CCC1(C)/C=C(\C)CC(C)CC(OC)C2OC(O)(CCC2OC)C(=O)C(=O)N2CCCCC2C(=O)OC(C(C)=CC2CCC(OC(=O)COC3CCCC(C)(C(C)C)C3)C(OC)C2)C(C)C(O)CC1=O. The standard InChI is InChI=1S/C56H89NO14/c1-13-22-55(9)31-36(5)26-35(4)27-46(67-12)50-44(65-10)21-24-56(64,71-50)51(61)52(62)57-25-15-14-18-41(57)53(63)70-49(38(7)42(58)30-47(55)59)37(6)28-39-19-20-43(45(29-39)66-11)69-48(60)33-68-40-17-16-23-54(8,32-40)34(2)3/h13,28,31,34-35,38-46,49-50,58,64H,1,14-27,29-30,32-33H2,2-12H3/b36-31+,37-28?. The monoisotopic (exact) mass is 1000 g/mol. The van der Waals surface area contributed by atoms with Gasteiger partial charge in [0.25, 0.3) is 11.7 Å². The Hall–Kier alpha value is -3.31. The van der Waals surface area contributed by atoms with Crippen LogP contribution in [0.25, 0.3) is 0 Å². The molecule has 402 valence electrons. The molecule has 2 saturated carbocycles. The van der Waals surface area contributed by atoms with Gasteiger partial charge in [0.15, 0.2) is 0 Å². The number of hydrogen-bond donors (Lipinski definition) is 2. The zero-order chi connectivity index (χ0) is 52.4. The number of esters is 2. The molecule has 1 amide bonds. The molecule has 3 heterocycles. The number of cyclic esters (lactones) is 1. The number of hydrogen-bond acceptors (Lipinski definition) is 14. The molecule has 2 saturated heterocycles. The first kappa shape index (κ1) is 58.6. The van der Waals surface area contributed by atoms with E-state index in [-0.39, 0.29) is 68.0 Å². The van der Waals surface area contributed by atoms with E-state index in [1.165, 1.54) is 19.1 Å². The van der Waals surface area contributed by atoms with Crippen LogP contribution in [-0.2, 0) is 57.1 Å². The second-order valence-electron chi connectivity index (χ2n) is 22.8. The van der Waals surface area contributed by atoms with E-state index in [0.29, 0.717) is 62.9 Å². The Bertz CT molecular complexity index is 1920. The molecule has 0 aromatic rings. The number of carbonyl (C=O) groups excluding carboxylic acids is 5. The van der Waals surface area contributed by atoms with Crippen LogP contribution in [-0.4, -0.2) is 140 Å². The number of aliphatic hydroxyl groups excluding tert-OH is 1. The Kier molecular flexibility index (Phi) is 21.3. The van der Waals surface area contributed by atoms with Crippen molar-refractivity contribution in [3.63, 3.8) is 0 Å². The van der Waals surface area contributed by atoms with Gasteiger partial charge in [-0.1, -0.05) is 64.8 Å². The van der Waals surface area contributed by atoms with Gasteiger partial charge in [0.2, 0.25) is 5.79 Å². The molecule has 2 aliphatic carbocycles. The number of rotatable bonds is 12. The highest BCUT2D eigenvalue weighted by Crippen LogP contribution is 2.43. The molecule has 5 aliphatic rings. The molecule has 3 aliphatic heterocycles. The topological polar surface area (TPSA) is 194 Å². The van der Waals surface area contributed by atoms with Crippen LogP contribution in [0.15, 0.2) is 36.0 Å². The number of ketones is 2. The summed E-state index contributed by atoms with van der Waals surface area (Å²) < 4.78 is 42.3. The maximum atomic E-state index is 14.6. The third-order valence-corrected chi connectivity index (χ3v) is 16.9. The van der Waals surface area contributed by atoms with Crippen LogP contribution in [0.2, 0.25) is 0 Å². The van der Waals surface area contributed by atoms with Gasteiger partial charge in [-0.15, -0.1) is 6.58 Å². The third-order valence-electron chi connectivity index (χ3n) is 16.9. The highest BCUT2D eigenvalue weighted by atomic mass is 16.7. The minimum absolute atomic E-state index is 0.00720. The summed E-state index contributed by atoms with van der Waals surface area (Å²) in [6.45, 7) is 20.1. The highest BCUT2D eigenvalue weighted by Gasteiger charge is 2.53. The molecule has 2 N–H and O–H groups in total. The number of amides is 1. The quantitative estimate of drug-likeness (QED) is 0.109. The Labute approximate surface area is 424 Å². The molecule has 4 fully saturated rings. The van der Waals surface area contributed by atoms with Crippen molar-refractivity contribution in [3.05, 3.63) is 36.0 Å². The first-order valence-corrected chi connectivity index (χ1v) is 26.6. The number of methoxy groups -OCH3 is 3. The van der Waals surface area contributed by atoms with E-state index in [4.69, 9.17) is 33.2 Å². The van der Waals surface area contributed by atoms with Crippen molar-refractivity contribution < 1.29 is 67.3 Å². The van der Waals surface area contributed by atoms with E-state index < -0.39 is 89.5 Å². The Morgan fingerprint density at radius 1 is 0.915 bits per heavy atom. The molecule has 15 unspecified atom stereocenters. The van der Waals surface area contributed by atoms with Crippen molar-refractivity contribution in [3.8, 4) is 0 Å². The highest BCUT2D eigenvalue weighted by molar-refractivity contribution is 6.39. The van der Waals surface area contributed by atoms with Gasteiger partial charge >= 0.3 is 11.9 Å². The number of carbonyl (C=O) groups is 5. The predicted octanol–water partition coefficient (Wildman–Crippen LogP) is 7.96. The molecule has 15 nitrogen and oxygen atoms in total. The van der Waals surface area contributed by atoms with Gasteiger partial charge in [0.1, 0.15) is 36.7 Å². The Balaban J connectivity index is 1.42. The van der Waals surface area contributed by atoms with E-state index in [1.54, 1.807) is 20.1 Å². The molecule has 2 bridgehead atoms. The number of piperidine rings is 1. The summed E-state index contributed by atoms with van der Waals surface area (Å²) in [5, 5.41) is 23.9. The van der Waals surface area contributed by atoms with Crippen LogP contribution in [0, 0.1) is 34.5 Å². The lowest BCUT2D eigenvalue weighted by molar-refractivity contribution is -0.283. The molecular weight excluding hydrogens is 911 g/mol. The number of nitrogens with zero attached hydrogens (tertiary/aromatic N) is 1. The lowest BCUT2D eigenvalue weighted by Gasteiger charge is -2.44. The van der Waals surface area contributed by atoms with E-state index in [0.717, 1.165) is 31.3 Å².